The summed E-state index contributed by atoms with van der Waals surface area (Å²) in [5.41, 5.74) is 0.964. The second kappa shape index (κ2) is 6.70. The van der Waals surface area contributed by atoms with Crippen molar-refractivity contribution in [3.05, 3.63) is 35.9 Å². The van der Waals surface area contributed by atoms with Gasteiger partial charge in [-0.05, 0) is 17.9 Å². The SMILES string of the molecule is CC(C)CC(C#N)NC(=O)Cc1ccccc1. The highest BCUT2D eigenvalue weighted by atomic mass is 16.1. The summed E-state index contributed by atoms with van der Waals surface area (Å²) in [6.07, 6.45) is 1.02. The molecule has 1 rings (SSSR count). The zero-order chi connectivity index (χ0) is 12.7. The first kappa shape index (κ1) is 13.2. The quantitative estimate of drug-likeness (QED) is 0.843. The molecule has 0 saturated heterocycles. The fourth-order valence-electron chi connectivity index (χ4n) is 1.64. The summed E-state index contributed by atoms with van der Waals surface area (Å²) < 4.78 is 0. The number of rotatable bonds is 5. The normalized spacial score (nSPS) is 11.9. The fraction of sp³-hybridized carbons (Fsp3) is 0.429. The molecule has 1 atom stereocenters. The predicted octanol–water partition coefficient (Wildman–Crippen LogP) is 2.28. The minimum atomic E-state index is -0.383. The van der Waals surface area contributed by atoms with Crippen molar-refractivity contribution < 1.29 is 4.79 Å². The van der Waals surface area contributed by atoms with Gasteiger partial charge in [-0.2, -0.15) is 5.26 Å². The van der Waals surface area contributed by atoms with Crippen molar-refractivity contribution in [1.29, 1.82) is 5.26 Å². The maximum Gasteiger partial charge on any atom is 0.225 e. The molecule has 0 radical (unpaired) electrons. The van der Waals surface area contributed by atoms with E-state index in [0.29, 0.717) is 18.8 Å². The molecular formula is C14H18N2O. The molecule has 1 amide bonds. The van der Waals surface area contributed by atoms with Gasteiger partial charge in [0.25, 0.3) is 0 Å². The molecule has 0 bridgehead atoms. The van der Waals surface area contributed by atoms with Crippen LogP contribution in [0.5, 0.6) is 0 Å². The van der Waals surface area contributed by atoms with Crippen LogP contribution < -0.4 is 5.32 Å². The number of nitrogens with zero attached hydrogens (tertiary/aromatic N) is 1. The van der Waals surface area contributed by atoms with E-state index in [1.54, 1.807) is 0 Å². The highest BCUT2D eigenvalue weighted by molar-refractivity contribution is 5.79. The summed E-state index contributed by atoms with van der Waals surface area (Å²) in [5, 5.41) is 11.7. The number of nitriles is 1. The number of carbonyl (C=O) groups is 1. The van der Waals surface area contributed by atoms with Crippen molar-refractivity contribution >= 4 is 5.91 Å². The van der Waals surface area contributed by atoms with Crippen molar-refractivity contribution in [2.75, 3.05) is 0 Å². The molecule has 1 N–H and O–H groups in total. The first-order valence-corrected chi connectivity index (χ1v) is 5.84. The fourth-order valence-corrected chi connectivity index (χ4v) is 1.64. The minimum Gasteiger partial charge on any atom is -0.340 e. The molecule has 3 heteroatoms. The van der Waals surface area contributed by atoms with Crippen LogP contribution in [0.25, 0.3) is 0 Å². The molecule has 90 valence electrons. The lowest BCUT2D eigenvalue weighted by Gasteiger charge is -2.13. The van der Waals surface area contributed by atoms with E-state index >= 15 is 0 Å². The smallest absolute Gasteiger partial charge is 0.225 e. The Bertz CT molecular complexity index is 392. The maximum absolute atomic E-state index is 11.7. The average molecular weight is 230 g/mol. The Morgan fingerprint density at radius 1 is 1.35 bits per heavy atom. The third kappa shape index (κ3) is 5.17. The van der Waals surface area contributed by atoms with Gasteiger partial charge in [0.15, 0.2) is 0 Å². The number of carbonyl (C=O) groups excluding carboxylic acids is 1. The molecule has 0 aliphatic carbocycles. The van der Waals surface area contributed by atoms with Crippen LogP contribution in [-0.4, -0.2) is 11.9 Å². The monoisotopic (exact) mass is 230 g/mol. The number of nitrogens with one attached hydrogen (secondary N) is 1. The average Bonchev–Trinajstić information content (AvgIpc) is 2.28. The number of amides is 1. The number of hydrogen-bond acceptors (Lipinski definition) is 2. The summed E-state index contributed by atoms with van der Waals surface area (Å²) in [5.74, 6) is 0.306. The minimum absolute atomic E-state index is 0.0941. The Balaban J connectivity index is 2.46. The van der Waals surface area contributed by atoms with Crippen LogP contribution in [0, 0.1) is 17.2 Å². The lowest BCUT2D eigenvalue weighted by Crippen LogP contribution is -2.35. The molecular weight excluding hydrogens is 212 g/mol. The van der Waals surface area contributed by atoms with E-state index in [9.17, 15) is 4.79 Å². The standard InChI is InChI=1S/C14H18N2O/c1-11(2)8-13(10-15)16-14(17)9-12-6-4-3-5-7-12/h3-7,11,13H,8-9H2,1-2H3,(H,16,17). The van der Waals surface area contributed by atoms with Crippen LogP contribution in [0.3, 0.4) is 0 Å². The lowest BCUT2D eigenvalue weighted by molar-refractivity contribution is -0.120. The first-order valence-electron chi connectivity index (χ1n) is 5.84. The van der Waals surface area contributed by atoms with Gasteiger partial charge in [-0.15, -0.1) is 0 Å². The lowest BCUT2D eigenvalue weighted by atomic mass is 10.0. The van der Waals surface area contributed by atoms with Gasteiger partial charge in [-0.1, -0.05) is 44.2 Å². The molecule has 0 aliphatic heterocycles. The van der Waals surface area contributed by atoms with Crippen LogP contribution >= 0.6 is 0 Å². The van der Waals surface area contributed by atoms with Gasteiger partial charge < -0.3 is 5.32 Å². The summed E-state index contributed by atoms with van der Waals surface area (Å²) in [6.45, 7) is 4.07. The molecule has 1 aromatic rings. The van der Waals surface area contributed by atoms with Crippen LogP contribution in [-0.2, 0) is 11.2 Å². The Morgan fingerprint density at radius 2 is 2.00 bits per heavy atom. The van der Waals surface area contributed by atoms with Gasteiger partial charge in [0.1, 0.15) is 6.04 Å². The Labute approximate surface area is 102 Å². The van der Waals surface area contributed by atoms with Crippen LogP contribution in [0.2, 0.25) is 0 Å². The van der Waals surface area contributed by atoms with Crippen molar-refractivity contribution in [1.82, 2.24) is 5.32 Å². The third-order valence-electron chi connectivity index (χ3n) is 2.41. The predicted molar refractivity (Wildman–Crippen MR) is 67.1 cm³/mol. The maximum atomic E-state index is 11.7. The van der Waals surface area contributed by atoms with Gasteiger partial charge >= 0.3 is 0 Å². The second-order valence-electron chi connectivity index (χ2n) is 4.54. The van der Waals surface area contributed by atoms with Gasteiger partial charge in [-0.3, -0.25) is 4.79 Å². The summed E-state index contributed by atoms with van der Waals surface area (Å²) in [4.78, 5) is 11.7. The molecule has 17 heavy (non-hydrogen) atoms. The number of hydrogen-bond donors (Lipinski definition) is 1. The van der Waals surface area contributed by atoms with Crippen molar-refractivity contribution in [3.63, 3.8) is 0 Å². The van der Waals surface area contributed by atoms with Gasteiger partial charge in [0.2, 0.25) is 5.91 Å². The van der Waals surface area contributed by atoms with Crippen molar-refractivity contribution in [2.24, 2.45) is 5.92 Å². The van der Waals surface area contributed by atoms with E-state index in [-0.39, 0.29) is 11.9 Å². The molecule has 0 fully saturated rings. The molecule has 1 unspecified atom stereocenters. The van der Waals surface area contributed by atoms with Crippen LogP contribution in [0.15, 0.2) is 30.3 Å². The highest BCUT2D eigenvalue weighted by Gasteiger charge is 2.13. The molecule has 1 aromatic carbocycles. The van der Waals surface area contributed by atoms with Gasteiger partial charge in [0, 0.05) is 0 Å². The Hall–Kier alpha value is -1.82. The number of benzene rings is 1. The molecule has 0 aliphatic rings. The van der Waals surface area contributed by atoms with E-state index in [2.05, 4.69) is 11.4 Å². The van der Waals surface area contributed by atoms with E-state index < -0.39 is 0 Å². The third-order valence-corrected chi connectivity index (χ3v) is 2.41. The van der Waals surface area contributed by atoms with E-state index in [0.717, 1.165) is 5.56 Å². The summed E-state index contributed by atoms with van der Waals surface area (Å²) in [6, 6.07) is 11.3. The van der Waals surface area contributed by atoms with Crippen molar-refractivity contribution in [3.8, 4) is 6.07 Å². The largest absolute Gasteiger partial charge is 0.340 e. The topological polar surface area (TPSA) is 52.9 Å². The zero-order valence-corrected chi connectivity index (χ0v) is 10.3. The molecule has 3 nitrogen and oxygen atoms in total. The molecule has 0 spiro atoms. The van der Waals surface area contributed by atoms with E-state index in [1.807, 2.05) is 44.2 Å². The zero-order valence-electron chi connectivity index (χ0n) is 10.3. The summed E-state index contributed by atoms with van der Waals surface area (Å²) >= 11 is 0. The molecule has 0 saturated carbocycles. The van der Waals surface area contributed by atoms with Crippen LogP contribution in [0.1, 0.15) is 25.8 Å². The van der Waals surface area contributed by atoms with Gasteiger partial charge in [0.05, 0.1) is 12.5 Å². The van der Waals surface area contributed by atoms with Crippen molar-refractivity contribution in [2.45, 2.75) is 32.7 Å². The molecule has 0 aromatic heterocycles. The van der Waals surface area contributed by atoms with E-state index in [1.165, 1.54) is 0 Å². The van der Waals surface area contributed by atoms with Crippen LogP contribution in [0.4, 0.5) is 0 Å². The Kier molecular flexibility index (Phi) is 5.22. The van der Waals surface area contributed by atoms with Gasteiger partial charge in [-0.25, -0.2) is 0 Å². The second-order valence-corrected chi connectivity index (χ2v) is 4.54. The highest BCUT2D eigenvalue weighted by Crippen LogP contribution is 2.05. The molecule has 0 heterocycles. The Morgan fingerprint density at radius 3 is 2.53 bits per heavy atom. The first-order chi connectivity index (χ1) is 8.11. The summed E-state index contributed by atoms with van der Waals surface area (Å²) in [7, 11) is 0. The van der Waals surface area contributed by atoms with E-state index in [4.69, 9.17) is 5.26 Å².